The van der Waals surface area contributed by atoms with E-state index in [4.69, 9.17) is 30.4 Å². The van der Waals surface area contributed by atoms with E-state index in [1.807, 2.05) is 12.1 Å². The topological polar surface area (TPSA) is 134 Å². The number of ether oxygens (including phenoxy) is 2. The minimum Gasteiger partial charge on any atom is -0.480 e. The number of pyridine rings is 1. The van der Waals surface area contributed by atoms with Gasteiger partial charge < -0.3 is 25.0 Å². The highest BCUT2D eigenvalue weighted by atomic mass is 32.1. The van der Waals surface area contributed by atoms with Crippen molar-refractivity contribution in [2.75, 3.05) is 70.2 Å². The van der Waals surface area contributed by atoms with E-state index in [2.05, 4.69) is 21.7 Å². The average molecular weight is 523 g/mol. The smallest absolute Gasteiger partial charge is 0.236 e. The van der Waals surface area contributed by atoms with Crippen molar-refractivity contribution in [2.24, 2.45) is 0 Å². The van der Waals surface area contributed by atoms with Crippen LogP contribution in [0.2, 0.25) is 0 Å². The lowest BCUT2D eigenvalue weighted by atomic mass is 10.1. The molecule has 2 N–H and O–H groups in total. The van der Waals surface area contributed by atoms with Gasteiger partial charge in [0.05, 0.1) is 48.0 Å². The zero-order valence-corrected chi connectivity index (χ0v) is 21.9. The van der Waals surface area contributed by atoms with Crippen LogP contribution >= 0.6 is 11.3 Å². The average Bonchev–Trinajstić information content (AvgIpc) is 3.23. The van der Waals surface area contributed by atoms with Crippen LogP contribution in [0.25, 0.3) is 21.5 Å². The van der Waals surface area contributed by atoms with Gasteiger partial charge in [-0.2, -0.15) is 5.26 Å². The fourth-order valence-corrected chi connectivity index (χ4v) is 5.85. The van der Waals surface area contributed by atoms with Crippen LogP contribution in [0.5, 0.6) is 5.88 Å². The molecule has 0 aromatic carbocycles. The van der Waals surface area contributed by atoms with Gasteiger partial charge in [-0.25, -0.2) is 15.0 Å². The number of thiophene rings is 1. The van der Waals surface area contributed by atoms with Crippen molar-refractivity contribution in [1.82, 2.24) is 24.8 Å². The molecule has 2 saturated heterocycles. The second kappa shape index (κ2) is 10.8. The van der Waals surface area contributed by atoms with Crippen molar-refractivity contribution in [3.8, 4) is 23.2 Å². The number of anilines is 2. The summed E-state index contributed by atoms with van der Waals surface area (Å²) < 4.78 is 11.8. The minimum atomic E-state index is -0.0979. The molecule has 3 aromatic rings. The van der Waals surface area contributed by atoms with Gasteiger partial charge in [-0.3, -0.25) is 9.69 Å². The van der Waals surface area contributed by atoms with Gasteiger partial charge in [0.15, 0.2) is 0 Å². The number of piperazine rings is 1. The summed E-state index contributed by atoms with van der Waals surface area (Å²) in [7, 11) is 1.55. The van der Waals surface area contributed by atoms with Crippen LogP contribution in [0.1, 0.15) is 16.9 Å². The second-order valence-corrected chi connectivity index (χ2v) is 10.3. The molecule has 2 aliphatic heterocycles. The second-order valence-electron chi connectivity index (χ2n) is 9.10. The first-order chi connectivity index (χ1) is 18.0. The van der Waals surface area contributed by atoms with E-state index in [1.54, 1.807) is 29.5 Å². The highest BCUT2D eigenvalue weighted by molar-refractivity contribution is 7.19. The number of carbonyl (C=O) groups excluding carboxylic acids is 1. The van der Waals surface area contributed by atoms with Crippen LogP contribution in [0.15, 0.2) is 12.3 Å². The number of methoxy groups -OCH3 is 1. The molecule has 0 saturated carbocycles. The molecule has 0 atom stereocenters. The largest absolute Gasteiger partial charge is 0.480 e. The fourth-order valence-electron chi connectivity index (χ4n) is 4.74. The first kappa shape index (κ1) is 25.1. The van der Waals surface area contributed by atoms with Crippen molar-refractivity contribution in [1.29, 1.82) is 5.26 Å². The molecule has 0 radical (unpaired) electrons. The number of nitriles is 1. The number of nitrogens with zero attached hydrogens (tertiary/aromatic N) is 7. The lowest BCUT2D eigenvalue weighted by Crippen LogP contribution is -2.48. The van der Waals surface area contributed by atoms with E-state index >= 15 is 0 Å². The maximum Gasteiger partial charge on any atom is 0.236 e. The maximum absolute atomic E-state index is 12.1. The van der Waals surface area contributed by atoms with Gasteiger partial charge in [0.1, 0.15) is 6.42 Å². The first-order valence-corrected chi connectivity index (χ1v) is 13.1. The standard InChI is InChI=1S/C25H30N8O3S/c1-16-18(15-31-5-7-32(8-6-31)20(34)3-4-26)22-23(37-16)21(17-13-19(27)24(35-2)28-14-17)29-25(30-22)33-9-11-36-12-10-33/h13-14H,3,5-12,15,27H2,1-2H3. The zero-order chi connectivity index (χ0) is 25.9. The van der Waals surface area contributed by atoms with Crippen LogP contribution in [0.4, 0.5) is 11.6 Å². The molecular weight excluding hydrogens is 492 g/mol. The first-order valence-electron chi connectivity index (χ1n) is 12.3. The Bertz CT molecular complexity index is 1340. The van der Waals surface area contributed by atoms with Crippen molar-refractivity contribution in [3.63, 3.8) is 0 Å². The number of nitrogen functional groups attached to an aromatic ring is 1. The Morgan fingerprint density at radius 3 is 2.65 bits per heavy atom. The highest BCUT2D eigenvalue weighted by Gasteiger charge is 2.25. The van der Waals surface area contributed by atoms with E-state index in [0.717, 1.165) is 54.2 Å². The van der Waals surface area contributed by atoms with Gasteiger partial charge in [0.25, 0.3) is 0 Å². The monoisotopic (exact) mass is 522 g/mol. The number of carbonyl (C=O) groups is 1. The minimum absolute atomic E-state index is 0.0664. The molecule has 5 rings (SSSR count). The van der Waals surface area contributed by atoms with Crippen LogP contribution in [-0.2, 0) is 16.1 Å². The van der Waals surface area contributed by atoms with E-state index < -0.39 is 0 Å². The molecule has 5 heterocycles. The number of hydrogen-bond acceptors (Lipinski definition) is 11. The molecule has 37 heavy (non-hydrogen) atoms. The van der Waals surface area contributed by atoms with E-state index in [-0.39, 0.29) is 12.3 Å². The van der Waals surface area contributed by atoms with Crippen molar-refractivity contribution >= 4 is 39.1 Å². The fraction of sp³-hybridized carbons (Fsp3) is 0.480. The number of fused-ring (bicyclic) bond motifs is 1. The normalized spacial score (nSPS) is 16.7. The van der Waals surface area contributed by atoms with Gasteiger partial charge in [-0.15, -0.1) is 11.3 Å². The number of nitrogens with two attached hydrogens (primary N) is 1. The molecule has 12 heteroatoms. The Morgan fingerprint density at radius 2 is 1.97 bits per heavy atom. The molecule has 194 valence electrons. The highest BCUT2D eigenvalue weighted by Crippen LogP contribution is 2.39. The predicted octanol–water partition coefficient (Wildman–Crippen LogP) is 2.05. The number of hydrogen-bond donors (Lipinski definition) is 1. The Labute approximate surface area is 219 Å². The molecule has 3 aromatic heterocycles. The maximum atomic E-state index is 12.1. The SMILES string of the molecule is COc1ncc(-c2nc(N3CCOCC3)nc3c(CN4CCN(C(=O)CC#N)CC4)c(C)sc23)cc1N. The summed E-state index contributed by atoms with van der Waals surface area (Å²) in [6, 6.07) is 3.80. The van der Waals surface area contributed by atoms with Gasteiger partial charge in [0.2, 0.25) is 17.7 Å². The molecule has 1 amide bonds. The number of aryl methyl sites for hydroxylation is 1. The number of morpholine rings is 1. The summed E-state index contributed by atoms with van der Waals surface area (Å²) >= 11 is 1.68. The number of rotatable bonds is 6. The molecule has 2 fully saturated rings. The van der Waals surface area contributed by atoms with Crippen LogP contribution in [0, 0.1) is 18.3 Å². The summed E-state index contributed by atoms with van der Waals surface area (Å²) in [5.41, 5.74) is 10.4. The summed E-state index contributed by atoms with van der Waals surface area (Å²) in [5.74, 6) is 0.961. The summed E-state index contributed by atoms with van der Waals surface area (Å²) in [4.78, 5) is 34.0. The lowest BCUT2D eigenvalue weighted by Gasteiger charge is -2.34. The summed E-state index contributed by atoms with van der Waals surface area (Å²) in [5, 5.41) is 8.84. The molecular formula is C25H30N8O3S. The zero-order valence-electron chi connectivity index (χ0n) is 21.1. The molecule has 0 bridgehead atoms. The molecule has 11 nitrogen and oxygen atoms in total. The number of amides is 1. The Balaban J connectivity index is 1.51. The van der Waals surface area contributed by atoms with Crippen LogP contribution in [0.3, 0.4) is 0 Å². The van der Waals surface area contributed by atoms with Gasteiger partial charge in [-0.05, 0) is 13.0 Å². The van der Waals surface area contributed by atoms with Crippen molar-refractivity contribution < 1.29 is 14.3 Å². The third-order valence-corrected chi connectivity index (χ3v) is 7.94. The van der Waals surface area contributed by atoms with Gasteiger partial charge >= 0.3 is 0 Å². The van der Waals surface area contributed by atoms with Crippen molar-refractivity contribution in [2.45, 2.75) is 19.9 Å². The van der Waals surface area contributed by atoms with E-state index in [9.17, 15) is 4.79 Å². The third kappa shape index (κ3) is 5.16. The van der Waals surface area contributed by atoms with Crippen molar-refractivity contribution in [3.05, 3.63) is 22.7 Å². The lowest BCUT2D eigenvalue weighted by molar-refractivity contribution is -0.131. The van der Waals surface area contributed by atoms with E-state index in [0.29, 0.717) is 43.8 Å². The van der Waals surface area contributed by atoms with E-state index in [1.165, 1.54) is 10.4 Å². The molecule has 0 aliphatic carbocycles. The molecule has 0 spiro atoms. The Morgan fingerprint density at radius 1 is 1.22 bits per heavy atom. The Hall–Kier alpha value is -3.53. The van der Waals surface area contributed by atoms with Crippen LogP contribution in [-0.4, -0.2) is 90.3 Å². The molecule has 2 aliphatic rings. The van der Waals surface area contributed by atoms with Gasteiger partial charge in [-0.1, -0.05) is 0 Å². The summed E-state index contributed by atoms with van der Waals surface area (Å²) in [6.07, 6.45) is 1.68. The quantitative estimate of drug-likeness (QED) is 0.513. The van der Waals surface area contributed by atoms with Crippen LogP contribution < -0.4 is 15.4 Å². The number of aromatic nitrogens is 3. The third-order valence-electron chi connectivity index (χ3n) is 6.80. The molecule has 0 unspecified atom stereocenters. The summed E-state index contributed by atoms with van der Waals surface area (Å²) in [6.45, 7) is 8.32. The Kier molecular flexibility index (Phi) is 7.36. The van der Waals surface area contributed by atoms with Gasteiger partial charge in [0, 0.05) is 68.0 Å². The predicted molar refractivity (Wildman–Crippen MR) is 141 cm³/mol.